The van der Waals surface area contributed by atoms with Gasteiger partial charge in [-0.3, -0.25) is 0 Å². The average molecular weight is 166 g/mol. The Balaban J connectivity index is 5.17. The second-order valence-corrected chi connectivity index (χ2v) is 2.47. The molecule has 12 heavy (non-hydrogen) atoms. The molecule has 0 atom stereocenters. The minimum absolute atomic E-state index is 1.18. The Morgan fingerprint density at radius 2 is 0.833 bits per heavy atom. The third-order valence-electron chi connectivity index (χ3n) is 1.89. The summed E-state index contributed by atoms with van der Waals surface area (Å²) in [6.45, 7) is 13.6. The number of hydrogen-bond acceptors (Lipinski definition) is 2. The van der Waals surface area contributed by atoms with Crippen molar-refractivity contribution >= 4 is 0 Å². The fourth-order valence-corrected chi connectivity index (χ4v) is 0.821. The summed E-state index contributed by atoms with van der Waals surface area (Å²) in [5.41, 5.74) is -3.23. The number of hydrogen-bond donors (Lipinski definition) is 2. The van der Waals surface area contributed by atoms with Crippen LogP contribution in [0, 0.1) is 0 Å². The predicted octanol–water partition coefficient (Wildman–Crippen LogP) is 1.19. The molecule has 0 aromatic rings. The summed E-state index contributed by atoms with van der Waals surface area (Å²) in [5.74, 6) is 0. The third-order valence-corrected chi connectivity index (χ3v) is 1.89. The minimum Gasteiger partial charge on any atom is -0.378 e. The second kappa shape index (κ2) is 3.52. The minimum atomic E-state index is -1.61. The van der Waals surface area contributed by atoms with E-state index < -0.39 is 11.2 Å². The van der Waals surface area contributed by atoms with Crippen molar-refractivity contribution in [2.24, 2.45) is 0 Å². The van der Waals surface area contributed by atoms with Crippen LogP contribution in [0.4, 0.5) is 0 Å². The van der Waals surface area contributed by atoms with Gasteiger partial charge in [-0.15, -0.1) is 0 Å². The molecule has 0 saturated heterocycles. The molecule has 0 amide bonds. The Kier molecular flexibility index (Phi) is 3.19. The van der Waals surface area contributed by atoms with Gasteiger partial charge in [-0.1, -0.05) is 50.6 Å². The van der Waals surface area contributed by atoms with Gasteiger partial charge in [0.2, 0.25) is 0 Å². The smallest absolute Gasteiger partial charge is 0.136 e. The lowest BCUT2D eigenvalue weighted by Gasteiger charge is -2.34. The maximum absolute atomic E-state index is 9.72. The van der Waals surface area contributed by atoms with Gasteiger partial charge in [0.1, 0.15) is 11.2 Å². The van der Waals surface area contributed by atoms with Gasteiger partial charge >= 0.3 is 0 Å². The van der Waals surface area contributed by atoms with Gasteiger partial charge in [-0.2, -0.15) is 0 Å². The molecule has 0 fully saturated rings. The van der Waals surface area contributed by atoms with Gasteiger partial charge in [0, 0.05) is 0 Å². The number of aliphatic hydroxyl groups is 2. The fourth-order valence-electron chi connectivity index (χ4n) is 0.821. The largest absolute Gasteiger partial charge is 0.378 e. The van der Waals surface area contributed by atoms with Crippen LogP contribution in [-0.4, -0.2) is 21.4 Å². The molecule has 0 saturated carbocycles. The van der Waals surface area contributed by atoms with Crippen molar-refractivity contribution in [3.63, 3.8) is 0 Å². The molecule has 0 spiro atoms. The first-order valence-corrected chi connectivity index (χ1v) is 3.48. The monoisotopic (exact) mass is 166 g/mol. The summed E-state index contributed by atoms with van der Waals surface area (Å²) in [7, 11) is 0. The molecule has 66 valence electrons. The SMILES string of the molecule is C=CC(O)(C=C)C(O)(C=C)C=C. The first-order chi connectivity index (χ1) is 5.49. The highest BCUT2D eigenvalue weighted by atomic mass is 16.4. The molecule has 2 heteroatoms. The topological polar surface area (TPSA) is 40.5 Å². The van der Waals surface area contributed by atoms with Crippen molar-refractivity contribution in [2.75, 3.05) is 0 Å². The normalized spacial score (nSPS) is 11.8. The summed E-state index contributed by atoms with van der Waals surface area (Å²) in [6.07, 6.45) is 4.74. The third kappa shape index (κ3) is 1.40. The summed E-state index contributed by atoms with van der Waals surface area (Å²) in [5, 5.41) is 19.4. The number of rotatable bonds is 5. The molecule has 0 rings (SSSR count). The van der Waals surface area contributed by atoms with E-state index in [0.717, 1.165) is 0 Å². The van der Waals surface area contributed by atoms with Crippen LogP contribution in [0.1, 0.15) is 0 Å². The van der Waals surface area contributed by atoms with Crippen molar-refractivity contribution in [3.8, 4) is 0 Å². The highest BCUT2D eigenvalue weighted by molar-refractivity contribution is 5.30. The lowest BCUT2D eigenvalue weighted by atomic mass is 9.83. The zero-order valence-corrected chi connectivity index (χ0v) is 7.03. The molecule has 0 unspecified atom stereocenters. The van der Waals surface area contributed by atoms with Gasteiger partial charge in [0.15, 0.2) is 0 Å². The van der Waals surface area contributed by atoms with E-state index in [1.54, 1.807) is 0 Å². The summed E-state index contributed by atoms with van der Waals surface area (Å²) >= 11 is 0. The maximum Gasteiger partial charge on any atom is 0.136 e. The highest BCUT2D eigenvalue weighted by Crippen LogP contribution is 2.26. The van der Waals surface area contributed by atoms with Crippen LogP contribution in [0.5, 0.6) is 0 Å². The van der Waals surface area contributed by atoms with Gasteiger partial charge in [0.25, 0.3) is 0 Å². The van der Waals surface area contributed by atoms with Crippen LogP contribution in [0.3, 0.4) is 0 Å². The molecular formula is C10H14O2. The van der Waals surface area contributed by atoms with Crippen LogP contribution in [0.2, 0.25) is 0 Å². The zero-order valence-electron chi connectivity index (χ0n) is 7.03. The van der Waals surface area contributed by atoms with Crippen LogP contribution in [0.15, 0.2) is 50.6 Å². The summed E-state index contributed by atoms with van der Waals surface area (Å²) in [4.78, 5) is 0. The molecule has 0 bridgehead atoms. The van der Waals surface area contributed by atoms with E-state index in [9.17, 15) is 10.2 Å². The van der Waals surface area contributed by atoms with Crippen LogP contribution in [-0.2, 0) is 0 Å². The van der Waals surface area contributed by atoms with Crippen molar-refractivity contribution < 1.29 is 10.2 Å². The van der Waals surface area contributed by atoms with Crippen LogP contribution < -0.4 is 0 Å². The molecule has 0 aliphatic carbocycles. The Morgan fingerprint density at radius 3 is 0.917 bits per heavy atom. The standard InChI is InChI=1S/C10H14O2/c1-5-9(11,6-2)10(12,7-3)8-4/h5-8,11-12H,1-4H2. The van der Waals surface area contributed by atoms with Gasteiger partial charge in [-0.05, 0) is 0 Å². The average Bonchev–Trinajstić information content (AvgIpc) is 2.15. The molecule has 0 aromatic carbocycles. The molecular weight excluding hydrogens is 152 g/mol. The Morgan fingerprint density at radius 1 is 0.667 bits per heavy atom. The first-order valence-electron chi connectivity index (χ1n) is 3.48. The fraction of sp³-hybridized carbons (Fsp3) is 0.200. The zero-order chi connectivity index (χ0) is 9.83. The van der Waals surface area contributed by atoms with Crippen LogP contribution >= 0.6 is 0 Å². The van der Waals surface area contributed by atoms with Gasteiger partial charge in [0.05, 0.1) is 0 Å². The molecule has 0 heterocycles. The highest BCUT2D eigenvalue weighted by Gasteiger charge is 2.39. The molecule has 0 aromatic heterocycles. The van der Waals surface area contributed by atoms with E-state index >= 15 is 0 Å². The summed E-state index contributed by atoms with van der Waals surface area (Å²) in [6, 6.07) is 0. The Hall–Kier alpha value is -1.12. The molecule has 2 N–H and O–H groups in total. The molecule has 0 aliphatic rings. The van der Waals surface area contributed by atoms with E-state index in [1.165, 1.54) is 24.3 Å². The van der Waals surface area contributed by atoms with Crippen LogP contribution in [0.25, 0.3) is 0 Å². The summed E-state index contributed by atoms with van der Waals surface area (Å²) < 4.78 is 0. The van der Waals surface area contributed by atoms with Crippen molar-refractivity contribution in [3.05, 3.63) is 50.6 Å². The molecule has 0 aliphatic heterocycles. The first kappa shape index (κ1) is 10.9. The second-order valence-electron chi connectivity index (χ2n) is 2.47. The Labute approximate surface area is 72.9 Å². The van der Waals surface area contributed by atoms with Crippen molar-refractivity contribution in [1.29, 1.82) is 0 Å². The molecule has 0 radical (unpaired) electrons. The molecule has 2 nitrogen and oxygen atoms in total. The van der Waals surface area contributed by atoms with E-state index in [-0.39, 0.29) is 0 Å². The lowest BCUT2D eigenvalue weighted by Crippen LogP contribution is -2.48. The van der Waals surface area contributed by atoms with E-state index in [2.05, 4.69) is 26.3 Å². The predicted molar refractivity (Wildman–Crippen MR) is 50.7 cm³/mol. The van der Waals surface area contributed by atoms with Crippen molar-refractivity contribution in [1.82, 2.24) is 0 Å². The maximum atomic E-state index is 9.72. The van der Waals surface area contributed by atoms with Gasteiger partial charge in [-0.25, -0.2) is 0 Å². The van der Waals surface area contributed by atoms with Crippen molar-refractivity contribution in [2.45, 2.75) is 11.2 Å². The lowest BCUT2D eigenvalue weighted by molar-refractivity contribution is -0.0285. The van der Waals surface area contributed by atoms with E-state index in [0.29, 0.717) is 0 Å². The quantitative estimate of drug-likeness (QED) is 0.602. The van der Waals surface area contributed by atoms with Gasteiger partial charge < -0.3 is 10.2 Å². The Bertz CT molecular complexity index is 176. The van der Waals surface area contributed by atoms with E-state index in [1.807, 2.05) is 0 Å². The van der Waals surface area contributed by atoms with E-state index in [4.69, 9.17) is 0 Å².